The summed E-state index contributed by atoms with van der Waals surface area (Å²) in [6.45, 7) is 1.99. The lowest BCUT2D eigenvalue weighted by molar-refractivity contribution is 0.563. The number of hydrogen-bond donors (Lipinski definition) is 1. The lowest BCUT2D eigenvalue weighted by atomic mass is 10.0. The van der Waals surface area contributed by atoms with E-state index in [4.69, 9.17) is 4.42 Å². The molecule has 0 radical (unpaired) electrons. The van der Waals surface area contributed by atoms with Gasteiger partial charge in [0.2, 0.25) is 0 Å². The van der Waals surface area contributed by atoms with Crippen LogP contribution in [-0.2, 0) is 0 Å². The van der Waals surface area contributed by atoms with Gasteiger partial charge >= 0.3 is 5.63 Å². The van der Waals surface area contributed by atoms with Crippen LogP contribution in [0, 0.1) is 6.92 Å². The van der Waals surface area contributed by atoms with E-state index in [1.54, 1.807) is 6.07 Å². The second-order valence-corrected chi connectivity index (χ2v) is 4.77. The van der Waals surface area contributed by atoms with E-state index in [2.05, 4.69) is 5.32 Å². The van der Waals surface area contributed by atoms with E-state index in [-0.39, 0.29) is 5.63 Å². The fourth-order valence-corrected chi connectivity index (χ4v) is 2.32. The number of para-hydroxylation sites is 1. The highest BCUT2D eigenvalue weighted by Crippen LogP contribution is 2.26. The summed E-state index contributed by atoms with van der Waals surface area (Å²) >= 11 is 0. The normalized spacial score (nSPS) is 10.7. The topological polar surface area (TPSA) is 42.2 Å². The van der Waals surface area contributed by atoms with Gasteiger partial charge in [0, 0.05) is 18.1 Å². The van der Waals surface area contributed by atoms with Crippen molar-refractivity contribution >= 4 is 16.7 Å². The summed E-state index contributed by atoms with van der Waals surface area (Å²) in [6.07, 6.45) is 0. The largest absolute Gasteiger partial charge is 0.422 e. The fraction of sp³-hybridized carbons (Fsp3) is 0.118. The first-order valence-electron chi connectivity index (χ1n) is 6.51. The van der Waals surface area contributed by atoms with E-state index in [1.807, 2.05) is 56.4 Å². The molecule has 0 unspecified atom stereocenters. The summed E-state index contributed by atoms with van der Waals surface area (Å²) in [6, 6.07) is 15.4. The zero-order valence-corrected chi connectivity index (χ0v) is 11.4. The summed E-state index contributed by atoms with van der Waals surface area (Å²) in [5, 5.41) is 4.02. The van der Waals surface area contributed by atoms with E-state index < -0.39 is 0 Å². The molecule has 3 nitrogen and oxygen atoms in total. The van der Waals surface area contributed by atoms with Gasteiger partial charge in [-0.05, 0) is 42.3 Å². The van der Waals surface area contributed by atoms with E-state index in [0.29, 0.717) is 11.1 Å². The molecule has 0 spiro atoms. The Morgan fingerprint density at radius 1 is 1.00 bits per heavy atom. The van der Waals surface area contributed by atoms with Crippen molar-refractivity contribution in [2.75, 3.05) is 12.4 Å². The average Bonchev–Trinajstić information content (AvgIpc) is 2.47. The molecule has 1 heterocycles. The predicted molar refractivity (Wildman–Crippen MR) is 82.2 cm³/mol. The molecule has 2 aromatic carbocycles. The van der Waals surface area contributed by atoms with Gasteiger partial charge in [-0.2, -0.15) is 0 Å². The Balaban J connectivity index is 2.29. The Kier molecular flexibility index (Phi) is 3.03. The molecule has 3 rings (SSSR count). The number of benzene rings is 2. The molecule has 0 saturated carbocycles. The van der Waals surface area contributed by atoms with Gasteiger partial charge in [0.15, 0.2) is 0 Å². The number of hydrogen-bond acceptors (Lipinski definition) is 3. The van der Waals surface area contributed by atoms with Crippen molar-refractivity contribution < 1.29 is 4.42 Å². The Labute approximate surface area is 116 Å². The van der Waals surface area contributed by atoms with Gasteiger partial charge in [-0.25, -0.2) is 4.79 Å². The first kappa shape index (κ1) is 12.5. The third-order valence-corrected chi connectivity index (χ3v) is 3.46. The van der Waals surface area contributed by atoms with Crippen LogP contribution in [0.15, 0.2) is 57.7 Å². The Morgan fingerprint density at radius 3 is 2.60 bits per heavy atom. The number of aryl methyl sites for hydroxylation is 1. The van der Waals surface area contributed by atoms with Crippen molar-refractivity contribution in [3.05, 3.63) is 64.5 Å². The van der Waals surface area contributed by atoms with Gasteiger partial charge in [-0.15, -0.1) is 0 Å². The molecule has 20 heavy (non-hydrogen) atoms. The molecule has 3 heteroatoms. The van der Waals surface area contributed by atoms with Crippen LogP contribution in [0.4, 0.5) is 5.69 Å². The summed E-state index contributed by atoms with van der Waals surface area (Å²) in [7, 11) is 1.86. The zero-order chi connectivity index (χ0) is 14.1. The molecule has 0 amide bonds. The van der Waals surface area contributed by atoms with Crippen molar-refractivity contribution in [2.45, 2.75) is 6.92 Å². The third kappa shape index (κ3) is 2.07. The van der Waals surface area contributed by atoms with E-state index in [1.165, 1.54) is 0 Å². The molecule has 1 aromatic heterocycles. The Morgan fingerprint density at radius 2 is 1.80 bits per heavy atom. The first-order chi connectivity index (χ1) is 9.69. The Hall–Kier alpha value is -2.55. The van der Waals surface area contributed by atoms with Gasteiger partial charge in [-0.3, -0.25) is 0 Å². The smallest absolute Gasteiger partial charge is 0.344 e. The molecule has 100 valence electrons. The maximum absolute atomic E-state index is 12.2. The quantitative estimate of drug-likeness (QED) is 0.716. The maximum Gasteiger partial charge on any atom is 0.344 e. The van der Waals surface area contributed by atoms with Crippen LogP contribution in [-0.4, -0.2) is 7.05 Å². The molecule has 0 atom stereocenters. The standard InChI is InChI=1S/C17H15NO2/c1-11-7-8-13(18-2)10-14(11)15-9-12-5-3-4-6-16(12)20-17(15)19/h3-10,18H,1-2H3. The molecule has 0 aliphatic carbocycles. The van der Waals surface area contributed by atoms with Crippen LogP contribution >= 0.6 is 0 Å². The van der Waals surface area contributed by atoms with Crippen LogP contribution < -0.4 is 10.9 Å². The minimum atomic E-state index is -0.306. The van der Waals surface area contributed by atoms with Crippen molar-refractivity contribution in [2.24, 2.45) is 0 Å². The first-order valence-corrected chi connectivity index (χ1v) is 6.51. The summed E-state index contributed by atoms with van der Waals surface area (Å²) in [5.74, 6) is 0. The highest BCUT2D eigenvalue weighted by molar-refractivity contribution is 5.83. The van der Waals surface area contributed by atoms with Crippen molar-refractivity contribution in [3.63, 3.8) is 0 Å². The van der Waals surface area contributed by atoms with Gasteiger partial charge in [0.05, 0.1) is 5.56 Å². The van der Waals surface area contributed by atoms with Crippen molar-refractivity contribution in [3.8, 4) is 11.1 Å². The molecular formula is C17H15NO2. The lowest BCUT2D eigenvalue weighted by Crippen LogP contribution is -2.04. The molecule has 0 bridgehead atoms. The molecule has 0 saturated heterocycles. The second-order valence-electron chi connectivity index (χ2n) is 4.77. The van der Waals surface area contributed by atoms with Crippen LogP contribution in [0.1, 0.15) is 5.56 Å². The number of nitrogens with one attached hydrogen (secondary N) is 1. The number of anilines is 1. The van der Waals surface area contributed by atoms with Gasteiger partial charge < -0.3 is 9.73 Å². The maximum atomic E-state index is 12.2. The number of rotatable bonds is 2. The minimum Gasteiger partial charge on any atom is -0.422 e. The van der Waals surface area contributed by atoms with E-state index in [0.717, 1.165) is 22.2 Å². The van der Waals surface area contributed by atoms with Gasteiger partial charge in [0.25, 0.3) is 0 Å². The third-order valence-electron chi connectivity index (χ3n) is 3.46. The fourth-order valence-electron chi connectivity index (χ4n) is 2.32. The molecule has 0 aliphatic rings. The molecule has 3 aromatic rings. The van der Waals surface area contributed by atoms with Crippen molar-refractivity contribution in [1.29, 1.82) is 0 Å². The lowest BCUT2D eigenvalue weighted by Gasteiger charge is -2.08. The highest BCUT2D eigenvalue weighted by Gasteiger charge is 2.10. The van der Waals surface area contributed by atoms with Crippen LogP contribution in [0.25, 0.3) is 22.1 Å². The van der Waals surface area contributed by atoms with Crippen molar-refractivity contribution in [1.82, 2.24) is 0 Å². The summed E-state index contributed by atoms with van der Waals surface area (Å²) in [5.41, 5.74) is 3.82. The second kappa shape index (κ2) is 4.85. The van der Waals surface area contributed by atoms with Crippen LogP contribution in [0.2, 0.25) is 0 Å². The van der Waals surface area contributed by atoms with Crippen LogP contribution in [0.5, 0.6) is 0 Å². The number of fused-ring (bicyclic) bond motifs is 1. The predicted octanol–water partition coefficient (Wildman–Crippen LogP) is 3.81. The SMILES string of the molecule is CNc1ccc(C)c(-c2cc3ccccc3oc2=O)c1. The molecule has 0 fully saturated rings. The molecule has 0 aliphatic heterocycles. The minimum absolute atomic E-state index is 0.306. The Bertz CT molecular complexity index is 834. The van der Waals surface area contributed by atoms with Gasteiger partial charge in [0.1, 0.15) is 5.58 Å². The summed E-state index contributed by atoms with van der Waals surface area (Å²) in [4.78, 5) is 12.2. The average molecular weight is 265 g/mol. The molecule has 1 N–H and O–H groups in total. The monoisotopic (exact) mass is 265 g/mol. The van der Waals surface area contributed by atoms with Gasteiger partial charge in [-0.1, -0.05) is 24.3 Å². The van der Waals surface area contributed by atoms with E-state index >= 15 is 0 Å². The van der Waals surface area contributed by atoms with Crippen LogP contribution in [0.3, 0.4) is 0 Å². The summed E-state index contributed by atoms with van der Waals surface area (Å²) < 4.78 is 5.40. The molecular weight excluding hydrogens is 250 g/mol. The highest BCUT2D eigenvalue weighted by atomic mass is 16.4. The van der Waals surface area contributed by atoms with E-state index in [9.17, 15) is 4.79 Å². The zero-order valence-electron chi connectivity index (χ0n) is 11.4.